The van der Waals surface area contributed by atoms with Crippen molar-refractivity contribution in [3.8, 4) is 0 Å². The van der Waals surface area contributed by atoms with Crippen LogP contribution in [0.3, 0.4) is 0 Å². The van der Waals surface area contributed by atoms with Crippen LogP contribution in [0.1, 0.15) is 12.8 Å². The Hall–Kier alpha value is -1.52. The molecule has 4 heterocycles. The van der Waals surface area contributed by atoms with Gasteiger partial charge in [-0.25, -0.2) is 22.7 Å². The second-order valence-electron chi connectivity index (χ2n) is 6.23. The number of sulfonamides is 1. The molecule has 0 aromatic carbocycles. The smallest absolute Gasteiger partial charge is 0.260 e. The zero-order chi connectivity index (χ0) is 18.0. The molecule has 1 spiro atoms. The molecule has 0 radical (unpaired) electrons. The fraction of sp³-hybridized carbons (Fsp3) is 0.412. The molecular weight excluding hydrogens is 372 g/mol. The van der Waals surface area contributed by atoms with Crippen molar-refractivity contribution in [2.75, 3.05) is 26.2 Å². The Morgan fingerprint density at radius 2 is 1.73 bits per heavy atom. The first-order valence-corrected chi connectivity index (χ1v) is 10.7. The van der Waals surface area contributed by atoms with E-state index in [0.29, 0.717) is 32.5 Å². The highest BCUT2D eigenvalue weighted by molar-refractivity contribution is 7.97. The van der Waals surface area contributed by atoms with Gasteiger partial charge in [0.25, 0.3) is 10.0 Å². The molecule has 2 fully saturated rings. The van der Waals surface area contributed by atoms with Crippen LogP contribution in [0.5, 0.6) is 0 Å². The molecule has 0 aliphatic carbocycles. The molecule has 2 aliphatic heterocycles. The second kappa shape index (κ2) is 7.24. The van der Waals surface area contributed by atoms with E-state index in [2.05, 4.69) is 14.3 Å². The summed E-state index contributed by atoms with van der Waals surface area (Å²) in [5.74, 6) is 0. The lowest BCUT2D eigenvalue weighted by atomic mass is 10.0. The van der Waals surface area contributed by atoms with Crippen molar-refractivity contribution in [2.45, 2.75) is 28.6 Å². The Morgan fingerprint density at radius 3 is 2.38 bits per heavy atom. The van der Waals surface area contributed by atoms with Gasteiger partial charge in [-0.1, -0.05) is 12.1 Å². The minimum absolute atomic E-state index is 0.100. The lowest BCUT2D eigenvalue weighted by Crippen LogP contribution is -2.52. The summed E-state index contributed by atoms with van der Waals surface area (Å²) < 4.78 is 35.3. The molecule has 0 atom stereocenters. The maximum absolute atomic E-state index is 12.8. The first kappa shape index (κ1) is 17.9. The molecule has 0 N–H and O–H groups in total. The second-order valence-corrected chi connectivity index (χ2v) is 9.15. The van der Waals surface area contributed by atoms with Crippen molar-refractivity contribution in [3.63, 3.8) is 0 Å². The van der Waals surface area contributed by atoms with Crippen LogP contribution in [0.15, 0.2) is 58.8 Å². The Kier molecular flexibility index (Phi) is 4.98. The van der Waals surface area contributed by atoms with E-state index in [1.54, 1.807) is 30.3 Å². The lowest BCUT2D eigenvalue weighted by molar-refractivity contribution is -0.0776. The highest BCUT2D eigenvalue weighted by Gasteiger charge is 2.47. The van der Waals surface area contributed by atoms with E-state index < -0.39 is 15.7 Å². The normalized spacial score (nSPS) is 21.2. The van der Waals surface area contributed by atoms with Crippen LogP contribution in [0.2, 0.25) is 0 Å². The summed E-state index contributed by atoms with van der Waals surface area (Å²) >= 11 is 1.58. The molecular formula is C17H20N4O3S2. The zero-order valence-corrected chi connectivity index (χ0v) is 15.8. The van der Waals surface area contributed by atoms with Gasteiger partial charge < -0.3 is 4.74 Å². The highest BCUT2D eigenvalue weighted by Crippen LogP contribution is 2.41. The predicted molar refractivity (Wildman–Crippen MR) is 97.7 cm³/mol. The standard InChI is InChI=1S/C17H20N4O3S2/c22-26(23,16-6-2-4-10-19-16)20-11-7-17(8-12-20)21(13-14-24-17)25-15-5-1-3-9-18-15/h1-6,9-10H,7-8,11-14H2. The first-order valence-electron chi connectivity index (χ1n) is 8.52. The number of nitrogens with zero attached hydrogens (tertiary/aromatic N) is 4. The summed E-state index contributed by atoms with van der Waals surface area (Å²) in [5.41, 5.74) is -0.432. The molecule has 0 unspecified atom stereocenters. The summed E-state index contributed by atoms with van der Waals surface area (Å²) in [7, 11) is -3.56. The van der Waals surface area contributed by atoms with Gasteiger partial charge >= 0.3 is 0 Å². The van der Waals surface area contributed by atoms with Crippen LogP contribution in [0, 0.1) is 0 Å². The average molecular weight is 393 g/mol. The fourth-order valence-electron chi connectivity index (χ4n) is 3.34. The highest BCUT2D eigenvalue weighted by atomic mass is 32.2. The quantitative estimate of drug-likeness (QED) is 0.737. The third-order valence-corrected chi connectivity index (χ3v) is 7.69. The van der Waals surface area contributed by atoms with Crippen molar-refractivity contribution >= 4 is 22.0 Å². The molecule has 0 bridgehead atoms. The van der Waals surface area contributed by atoms with E-state index in [1.807, 2.05) is 18.2 Å². The van der Waals surface area contributed by atoms with Crippen LogP contribution < -0.4 is 0 Å². The summed E-state index contributed by atoms with van der Waals surface area (Å²) in [4.78, 5) is 8.37. The minimum atomic E-state index is -3.56. The van der Waals surface area contributed by atoms with Crippen molar-refractivity contribution in [1.82, 2.24) is 18.6 Å². The number of rotatable bonds is 4. The van der Waals surface area contributed by atoms with Crippen LogP contribution in [0.4, 0.5) is 0 Å². The number of pyridine rings is 2. The van der Waals surface area contributed by atoms with Gasteiger partial charge in [-0.05, 0) is 36.2 Å². The number of hydrogen-bond acceptors (Lipinski definition) is 7. The summed E-state index contributed by atoms with van der Waals surface area (Å²) in [6, 6.07) is 10.8. The van der Waals surface area contributed by atoms with Gasteiger partial charge in [0.05, 0.1) is 6.61 Å². The monoisotopic (exact) mass is 392 g/mol. The Bertz CT molecular complexity index is 841. The van der Waals surface area contributed by atoms with E-state index in [0.717, 1.165) is 11.6 Å². The van der Waals surface area contributed by atoms with E-state index in [9.17, 15) is 8.42 Å². The molecule has 9 heteroatoms. The average Bonchev–Trinajstić information content (AvgIpc) is 3.05. The molecule has 26 heavy (non-hydrogen) atoms. The van der Waals surface area contributed by atoms with Gasteiger partial charge in [-0.2, -0.15) is 4.31 Å². The van der Waals surface area contributed by atoms with Crippen LogP contribution >= 0.6 is 11.9 Å². The van der Waals surface area contributed by atoms with E-state index >= 15 is 0 Å². The number of aromatic nitrogens is 2. The maximum atomic E-state index is 12.8. The summed E-state index contributed by atoms with van der Waals surface area (Å²) in [6.45, 7) is 2.28. The van der Waals surface area contributed by atoms with Crippen molar-refractivity contribution in [3.05, 3.63) is 48.8 Å². The largest absolute Gasteiger partial charge is 0.358 e. The molecule has 7 nitrogen and oxygen atoms in total. The van der Waals surface area contributed by atoms with Gasteiger partial charge in [0.2, 0.25) is 0 Å². The van der Waals surface area contributed by atoms with E-state index in [1.165, 1.54) is 16.6 Å². The van der Waals surface area contributed by atoms with Crippen LogP contribution in [-0.4, -0.2) is 59.0 Å². The van der Waals surface area contributed by atoms with Gasteiger partial charge in [0.1, 0.15) is 10.8 Å². The third kappa shape index (κ3) is 3.37. The van der Waals surface area contributed by atoms with Crippen LogP contribution in [0.25, 0.3) is 0 Å². The minimum Gasteiger partial charge on any atom is -0.358 e. The summed E-state index contributed by atoms with van der Waals surface area (Å²) in [6.07, 6.45) is 4.52. The third-order valence-electron chi connectivity index (χ3n) is 4.71. The SMILES string of the molecule is O=S(=O)(c1ccccn1)N1CCC2(CC1)OCCN2Sc1ccccn1. The topological polar surface area (TPSA) is 75.6 Å². The summed E-state index contributed by atoms with van der Waals surface area (Å²) in [5, 5.41) is 1.02. The Labute approximate surface area is 157 Å². The molecule has 2 aromatic heterocycles. The fourth-order valence-corrected chi connectivity index (χ4v) is 5.75. The molecule has 0 amide bonds. The van der Waals surface area contributed by atoms with Crippen molar-refractivity contribution < 1.29 is 13.2 Å². The van der Waals surface area contributed by atoms with Gasteiger partial charge in [0, 0.05) is 44.9 Å². The first-order chi connectivity index (χ1) is 12.6. The molecule has 138 valence electrons. The molecule has 2 saturated heterocycles. The van der Waals surface area contributed by atoms with E-state index in [4.69, 9.17) is 4.74 Å². The van der Waals surface area contributed by atoms with Crippen molar-refractivity contribution in [2.24, 2.45) is 0 Å². The predicted octanol–water partition coefficient (Wildman–Crippen LogP) is 2.00. The molecule has 4 rings (SSSR count). The maximum Gasteiger partial charge on any atom is 0.260 e. The Balaban J connectivity index is 1.47. The van der Waals surface area contributed by atoms with Crippen molar-refractivity contribution in [1.29, 1.82) is 0 Å². The van der Waals surface area contributed by atoms with E-state index in [-0.39, 0.29) is 5.03 Å². The molecule has 2 aromatic rings. The molecule has 0 saturated carbocycles. The lowest BCUT2D eigenvalue weighted by Gasteiger charge is -2.42. The Morgan fingerprint density at radius 1 is 1.00 bits per heavy atom. The van der Waals surface area contributed by atoms with Gasteiger partial charge in [-0.3, -0.25) is 0 Å². The number of piperidine rings is 1. The van der Waals surface area contributed by atoms with Gasteiger partial charge in [-0.15, -0.1) is 0 Å². The molecule has 2 aliphatic rings. The number of ether oxygens (including phenoxy) is 1. The number of hydrogen-bond donors (Lipinski definition) is 0. The van der Waals surface area contributed by atoms with Crippen LogP contribution in [-0.2, 0) is 14.8 Å². The van der Waals surface area contributed by atoms with Gasteiger partial charge in [0.15, 0.2) is 5.03 Å². The zero-order valence-electron chi connectivity index (χ0n) is 14.2.